The second-order valence-electron chi connectivity index (χ2n) is 6.41. The van der Waals surface area contributed by atoms with Gasteiger partial charge in [0, 0.05) is 24.2 Å². The molecule has 0 aliphatic carbocycles. The van der Waals surface area contributed by atoms with Crippen molar-refractivity contribution in [2.24, 2.45) is 4.99 Å². The van der Waals surface area contributed by atoms with Crippen molar-refractivity contribution in [2.75, 3.05) is 24.6 Å². The first kappa shape index (κ1) is 21.2. The third-order valence-corrected chi connectivity index (χ3v) is 4.52. The van der Waals surface area contributed by atoms with Crippen molar-refractivity contribution in [1.82, 2.24) is 0 Å². The molecule has 0 amide bonds. The molecule has 0 aromatic heterocycles. The zero-order valence-electron chi connectivity index (χ0n) is 15.8. The number of halogens is 1. The number of benzene rings is 2. The minimum atomic E-state index is 0. The lowest BCUT2D eigenvalue weighted by Gasteiger charge is -2.26. The summed E-state index contributed by atoms with van der Waals surface area (Å²) in [6.07, 6.45) is 4.34. The van der Waals surface area contributed by atoms with Crippen LogP contribution in [0.3, 0.4) is 0 Å². The molecule has 0 fully saturated rings. The summed E-state index contributed by atoms with van der Waals surface area (Å²) in [4.78, 5) is 19.6. The molecule has 1 aliphatic heterocycles. The highest BCUT2D eigenvalue weighted by Crippen LogP contribution is 2.23. The molecule has 1 heterocycles. The number of aliphatic imine (C=N–C) groups is 1. The molecule has 0 saturated carbocycles. The van der Waals surface area contributed by atoms with Crippen LogP contribution >= 0.6 is 17.0 Å². The Morgan fingerprint density at radius 2 is 1.78 bits per heavy atom. The molecule has 2 aromatic carbocycles. The van der Waals surface area contributed by atoms with Crippen molar-refractivity contribution in [3.05, 3.63) is 60.2 Å². The molecule has 4 nitrogen and oxygen atoms in total. The summed E-state index contributed by atoms with van der Waals surface area (Å²) in [6, 6.07) is 17.4. The topological polar surface area (TPSA) is 41.9 Å². The van der Waals surface area contributed by atoms with Crippen molar-refractivity contribution in [3.8, 4) is 5.75 Å². The van der Waals surface area contributed by atoms with Gasteiger partial charge in [-0.2, -0.15) is 0 Å². The Hall–Kier alpha value is -2.14. The number of ketones is 1. The van der Waals surface area contributed by atoms with E-state index in [4.69, 9.17) is 9.73 Å². The van der Waals surface area contributed by atoms with Crippen LogP contribution in [0.5, 0.6) is 5.75 Å². The molecule has 0 atom stereocenters. The molecule has 1 aliphatic rings. The molecule has 2 aromatic rings. The minimum absolute atomic E-state index is 0. The number of nitrogens with zero attached hydrogens (tertiary/aromatic N) is 2. The van der Waals surface area contributed by atoms with Gasteiger partial charge in [0.2, 0.25) is 0 Å². The normalized spacial score (nSPS) is 13.7. The van der Waals surface area contributed by atoms with E-state index in [1.807, 2.05) is 61.5 Å². The Labute approximate surface area is 172 Å². The Bertz CT molecular complexity index is 745. The van der Waals surface area contributed by atoms with Crippen molar-refractivity contribution in [2.45, 2.75) is 32.6 Å². The second kappa shape index (κ2) is 10.9. The number of hydrogen-bond acceptors (Lipinski definition) is 4. The summed E-state index contributed by atoms with van der Waals surface area (Å²) in [5.41, 5.74) is 1.72. The Balaban J connectivity index is 0.00000261. The smallest absolute Gasteiger partial charge is 0.182 e. The molecule has 0 bridgehead atoms. The number of rotatable bonds is 6. The van der Waals surface area contributed by atoms with Crippen molar-refractivity contribution in [3.63, 3.8) is 0 Å². The quantitative estimate of drug-likeness (QED) is 0.581. The van der Waals surface area contributed by atoms with Crippen molar-refractivity contribution in [1.29, 1.82) is 0 Å². The van der Waals surface area contributed by atoms with E-state index in [-0.39, 0.29) is 22.8 Å². The number of anilines is 1. The average molecular weight is 431 g/mol. The third kappa shape index (κ3) is 5.93. The Morgan fingerprint density at radius 1 is 1.04 bits per heavy atom. The van der Waals surface area contributed by atoms with Crippen molar-refractivity contribution < 1.29 is 9.53 Å². The van der Waals surface area contributed by atoms with Gasteiger partial charge in [-0.05, 0) is 44.0 Å². The molecule has 5 heteroatoms. The van der Waals surface area contributed by atoms with E-state index < -0.39 is 0 Å². The summed E-state index contributed by atoms with van der Waals surface area (Å²) in [7, 11) is 0. The van der Waals surface area contributed by atoms with Gasteiger partial charge in [0.25, 0.3) is 0 Å². The number of carbonyl (C=O) groups excluding carboxylic acids is 1. The molecule has 0 radical (unpaired) electrons. The molecule has 0 N–H and O–H groups in total. The van der Waals surface area contributed by atoms with E-state index in [9.17, 15) is 4.79 Å². The first-order chi connectivity index (χ1) is 12.8. The number of ether oxygens (including phenoxy) is 1. The van der Waals surface area contributed by atoms with Gasteiger partial charge < -0.3 is 9.64 Å². The molecule has 27 heavy (non-hydrogen) atoms. The molecule has 3 rings (SSSR count). The molecular weight excluding hydrogens is 404 g/mol. The van der Waals surface area contributed by atoms with E-state index >= 15 is 0 Å². The molecule has 144 valence electrons. The number of Topliss-reactive ketones (excluding diaryl/α,β-unsaturated/α-hetero) is 1. The van der Waals surface area contributed by atoms with E-state index in [1.54, 1.807) is 0 Å². The van der Waals surface area contributed by atoms with E-state index in [0.29, 0.717) is 13.2 Å². The lowest BCUT2D eigenvalue weighted by Crippen LogP contribution is -2.35. The fourth-order valence-corrected chi connectivity index (χ4v) is 3.16. The van der Waals surface area contributed by atoms with Crippen LogP contribution in [-0.2, 0) is 0 Å². The van der Waals surface area contributed by atoms with Gasteiger partial charge >= 0.3 is 0 Å². The zero-order chi connectivity index (χ0) is 18.2. The molecule has 0 spiro atoms. The fraction of sp³-hybridized carbons (Fsp3) is 0.364. The van der Waals surface area contributed by atoms with Crippen LogP contribution in [0.1, 0.15) is 43.0 Å². The fourth-order valence-electron chi connectivity index (χ4n) is 3.16. The maximum absolute atomic E-state index is 12.8. The van der Waals surface area contributed by atoms with Gasteiger partial charge in [0.1, 0.15) is 11.6 Å². The number of hydrogen-bond donors (Lipinski definition) is 0. The Morgan fingerprint density at radius 3 is 2.48 bits per heavy atom. The second-order valence-corrected chi connectivity index (χ2v) is 6.41. The van der Waals surface area contributed by atoms with Crippen LogP contribution in [0.2, 0.25) is 0 Å². The zero-order valence-corrected chi connectivity index (χ0v) is 17.5. The van der Waals surface area contributed by atoms with Gasteiger partial charge in [-0.15, -0.1) is 17.0 Å². The van der Waals surface area contributed by atoms with Gasteiger partial charge in [0.05, 0.1) is 13.2 Å². The van der Waals surface area contributed by atoms with Crippen LogP contribution in [0.15, 0.2) is 59.6 Å². The lowest BCUT2D eigenvalue weighted by atomic mass is 10.1. The SMILES string of the molecule is Br.CCOc1ccc(N(CC(=O)c2ccccc2)C2=NCCCCC2)cc1. The first-order valence-electron chi connectivity index (χ1n) is 9.40. The van der Waals surface area contributed by atoms with Crippen LogP contribution in [-0.4, -0.2) is 31.3 Å². The van der Waals surface area contributed by atoms with Crippen LogP contribution in [0.4, 0.5) is 5.69 Å². The van der Waals surface area contributed by atoms with Gasteiger partial charge in [0.15, 0.2) is 5.78 Å². The predicted octanol–water partition coefficient (Wildman–Crippen LogP) is 5.33. The van der Waals surface area contributed by atoms with E-state index in [0.717, 1.165) is 48.6 Å². The molecule has 0 unspecified atom stereocenters. The molecular formula is C22H27BrN2O2. The maximum atomic E-state index is 12.8. The number of amidine groups is 1. The third-order valence-electron chi connectivity index (χ3n) is 4.52. The lowest BCUT2D eigenvalue weighted by molar-refractivity contribution is 0.100. The summed E-state index contributed by atoms with van der Waals surface area (Å²) >= 11 is 0. The monoisotopic (exact) mass is 430 g/mol. The van der Waals surface area contributed by atoms with Crippen LogP contribution in [0, 0.1) is 0 Å². The highest BCUT2D eigenvalue weighted by atomic mass is 79.9. The number of carbonyl (C=O) groups is 1. The summed E-state index contributed by atoms with van der Waals surface area (Å²) < 4.78 is 5.54. The standard InChI is InChI=1S/C22H26N2O2.BrH/c1-2-26-20-14-12-19(13-15-20)24(22-11-7-4-8-16-23-22)17-21(25)18-9-5-3-6-10-18;/h3,5-6,9-10,12-15H,2,4,7-8,11,16-17H2,1H3;1H. The largest absolute Gasteiger partial charge is 0.494 e. The van der Waals surface area contributed by atoms with Gasteiger partial charge in [-0.1, -0.05) is 36.8 Å². The Kier molecular flexibility index (Phi) is 8.52. The van der Waals surface area contributed by atoms with Crippen LogP contribution < -0.4 is 9.64 Å². The van der Waals surface area contributed by atoms with Gasteiger partial charge in [-0.3, -0.25) is 9.79 Å². The maximum Gasteiger partial charge on any atom is 0.182 e. The van der Waals surface area contributed by atoms with Crippen LogP contribution in [0.25, 0.3) is 0 Å². The van der Waals surface area contributed by atoms with Gasteiger partial charge in [-0.25, -0.2) is 0 Å². The average Bonchev–Trinajstić information content (AvgIpc) is 2.97. The first-order valence-corrected chi connectivity index (χ1v) is 9.40. The van der Waals surface area contributed by atoms with Crippen molar-refractivity contribution >= 4 is 34.3 Å². The van der Waals surface area contributed by atoms with E-state index in [2.05, 4.69) is 4.90 Å². The van der Waals surface area contributed by atoms with E-state index in [1.165, 1.54) is 6.42 Å². The summed E-state index contributed by atoms with van der Waals surface area (Å²) in [5, 5.41) is 0. The highest BCUT2D eigenvalue weighted by Gasteiger charge is 2.19. The predicted molar refractivity (Wildman–Crippen MR) is 117 cm³/mol. The minimum Gasteiger partial charge on any atom is -0.494 e. The highest BCUT2D eigenvalue weighted by molar-refractivity contribution is 8.93. The summed E-state index contributed by atoms with van der Waals surface area (Å²) in [5.74, 6) is 1.95. The summed E-state index contributed by atoms with van der Waals surface area (Å²) in [6.45, 7) is 3.75. The molecule has 0 saturated heterocycles.